The maximum Gasteiger partial charge on any atom is 0.336 e. The number of carbonyl (C=O) groups excluding carboxylic acids is 2. The Balaban J connectivity index is 1.63. The van der Waals surface area contributed by atoms with Crippen LogP contribution >= 0.6 is 11.8 Å². The second kappa shape index (κ2) is 6.12. The lowest BCUT2D eigenvalue weighted by atomic mass is 10.1. The Bertz CT molecular complexity index is 1270. The quantitative estimate of drug-likeness (QED) is 0.635. The van der Waals surface area contributed by atoms with E-state index >= 15 is 0 Å². The fraction of sp³-hybridized carbons (Fsp3) is 0.190. The van der Waals surface area contributed by atoms with Crippen LogP contribution in [0.4, 0.5) is 11.4 Å². The Labute approximate surface area is 170 Å². The fourth-order valence-electron chi connectivity index (χ4n) is 3.90. The summed E-state index contributed by atoms with van der Waals surface area (Å²) in [6.07, 6.45) is 0. The Kier molecular flexibility index (Phi) is 3.76. The minimum Gasteiger partial charge on any atom is -0.423 e. The molecule has 0 bridgehead atoms. The molecule has 2 aromatic carbocycles. The Morgan fingerprint density at radius 3 is 2.72 bits per heavy atom. The maximum absolute atomic E-state index is 13.0. The second-order valence-electron chi connectivity index (χ2n) is 7.19. The number of fused-ring (bicyclic) bond motifs is 3. The molecule has 2 aliphatic rings. The Morgan fingerprint density at radius 2 is 1.90 bits per heavy atom. The average molecular weight is 407 g/mol. The third-order valence-corrected chi connectivity index (χ3v) is 6.74. The fourth-order valence-corrected chi connectivity index (χ4v) is 5.16. The molecule has 1 fully saturated rings. The van der Waals surface area contributed by atoms with E-state index in [1.54, 1.807) is 6.07 Å². The standard InChI is InChI=1S/C21H17N3O4S/c1-11-8-19(26)28-17-7-12(2)16(9-13(11)17)23-24-18(25)10-29-21(24)14-5-3-4-6-15(14)22-20(21)27/h3-9,23H,10H2,1-2H3,(H,22,27). The summed E-state index contributed by atoms with van der Waals surface area (Å²) in [5.74, 6) is -0.240. The van der Waals surface area contributed by atoms with Gasteiger partial charge in [0, 0.05) is 22.7 Å². The van der Waals surface area contributed by atoms with Crippen LogP contribution in [0, 0.1) is 13.8 Å². The number of hydrazine groups is 1. The molecule has 1 aromatic heterocycles. The van der Waals surface area contributed by atoms with Crippen LogP contribution in [0.25, 0.3) is 11.0 Å². The van der Waals surface area contributed by atoms with Gasteiger partial charge in [-0.1, -0.05) is 18.2 Å². The third-order valence-electron chi connectivity index (χ3n) is 5.35. The highest BCUT2D eigenvalue weighted by atomic mass is 32.2. The Morgan fingerprint density at radius 1 is 1.10 bits per heavy atom. The van der Waals surface area contributed by atoms with Crippen molar-refractivity contribution in [1.29, 1.82) is 0 Å². The number of carbonyl (C=O) groups is 2. The minimum absolute atomic E-state index is 0.183. The van der Waals surface area contributed by atoms with Crippen molar-refractivity contribution in [3.63, 3.8) is 0 Å². The van der Waals surface area contributed by atoms with Crippen LogP contribution in [-0.2, 0) is 14.5 Å². The summed E-state index contributed by atoms with van der Waals surface area (Å²) in [6, 6.07) is 12.4. The van der Waals surface area contributed by atoms with Crippen LogP contribution in [0.3, 0.4) is 0 Å². The molecule has 3 aromatic rings. The number of para-hydroxylation sites is 1. The molecule has 0 saturated carbocycles. The Hall–Kier alpha value is -3.26. The van der Waals surface area contributed by atoms with E-state index in [0.29, 0.717) is 17.0 Å². The van der Waals surface area contributed by atoms with Crippen LogP contribution in [0.5, 0.6) is 0 Å². The normalized spacial score (nSPS) is 20.4. The summed E-state index contributed by atoms with van der Waals surface area (Å²) in [5.41, 5.74) is 6.96. The lowest BCUT2D eigenvalue weighted by Crippen LogP contribution is -2.50. The van der Waals surface area contributed by atoms with Gasteiger partial charge in [-0.15, -0.1) is 11.8 Å². The summed E-state index contributed by atoms with van der Waals surface area (Å²) >= 11 is 1.30. The molecule has 2 amide bonds. The van der Waals surface area contributed by atoms with Gasteiger partial charge in [0.15, 0.2) is 0 Å². The number of amides is 2. The van der Waals surface area contributed by atoms with Crippen LogP contribution < -0.4 is 16.4 Å². The van der Waals surface area contributed by atoms with E-state index in [4.69, 9.17) is 4.42 Å². The largest absolute Gasteiger partial charge is 0.423 e. The highest BCUT2D eigenvalue weighted by molar-refractivity contribution is 8.02. The molecule has 2 aliphatic heterocycles. The number of benzene rings is 2. The molecule has 2 N–H and O–H groups in total. The average Bonchev–Trinajstić information content (AvgIpc) is 3.15. The van der Waals surface area contributed by atoms with Crippen molar-refractivity contribution in [2.24, 2.45) is 0 Å². The monoisotopic (exact) mass is 407 g/mol. The van der Waals surface area contributed by atoms with Gasteiger partial charge in [-0.25, -0.2) is 9.80 Å². The predicted octanol–water partition coefficient (Wildman–Crippen LogP) is 3.12. The van der Waals surface area contributed by atoms with E-state index in [-0.39, 0.29) is 17.6 Å². The molecule has 1 unspecified atom stereocenters. The number of anilines is 2. The van der Waals surface area contributed by atoms with Crippen molar-refractivity contribution in [3.05, 3.63) is 69.6 Å². The van der Waals surface area contributed by atoms with Gasteiger partial charge in [-0.05, 0) is 43.2 Å². The molecule has 1 atom stereocenters. The van der Waals surface area contributed by atoms with Gasteiger partial charge in [0.05, 0.1) is 11.4 Å². The van der Waals surface area contributed by atoms with E-state index in [0.717, 1.165) is 22.1 Å². The second-order valence-corrected chi connectivity index (χ2v) is 8.35. The molecular formula is C21H17N3O4S. The molecule has 7 nitrogen and oxygen atoms in total. The molecule has 29 heavy (non-hydrogen) atoms. The van der Waals surface area contributed by atoms with Crippen molar-refractivity contribution >= 4 is 45.9 Å². The molecular weight excluding hydrogens is 390 g/mol. The molecule has 8 heteroatoms. The van der Waals surface area contributed by atoms with Gasteiger partial charge in [-0.3, -0.25) is 15.0 Å². The lowest BCUT2D eigenvalue weighted by molar-refractivity contribution is -0.134. The zero-order valence-corrected chi connectivity index (χ0v) is 16.6. The molecule has 3 heterocycles. The van der Waals surface area contributed by atoms with Crippen LogP contribution in [0.15, 0.2) is 51.7 Å². The van der Waals surface area contributed by atoms with Gasteiger partial charge >= 0.3 is 5.63 Å². The predicted molar refractivity (Wildman–Crippen MR) is 112 cm³/mol. The number of hydrogen-bond acceptors (Lipinski definition) is 6. The van der Waals surface area contributed by atoms with E-state index in [2.05, 4.69) is 10.7 Å². The van der Waals surface area contributed by atoms with Crippen molar-refractivity contribution in [3.8, 4) is 0 Å². The van der Waals surface area contributed by atoms with E-state index in [9.17, 15) is 14.4 Å². The molecule has 5 rings (SSSR count). The maximum atomic E-state index is 13.0. The number of aryl methyl sites for hydroxylation is 2. The SMILES string of the molecule is Cc1cc2oc(=O)cc(C)c2cc1NN1C(=O)CSC12C(=O)Nc1ccccc12. The minimum atomic E-state index is -1.16. The molecule has 0 radical (unpaired) electrons. The number of nitrogens with one attached hydrogen (secondary N) is 2. The number of hydrogen-bond donors (Lipinski definition) is 2. The van der Waals surface area contributed by atoms with Gasteiger partial charge in [0.2, 0.25) is 4.87 Å². The summed E-state index contributed by atoms with van der Waals surface area (Å²) in [6.45, 7) is 3.69. The lowest BCUT2D eigenvalue weighted by Gasteiger charge is -2.33. The zero-order valence-electron chi connectivity index (χ0n) is 15.7. The van der Waals surface area contributed by atoms with E-state index < -0.39 is 10.5 Å². The molecule has 1 saturated heterocycles. The highest BCUT2D eigenvalue weighted by Crippen LogP contribution is 2.52. The van der Waals surface area contributed by atoms with E-state index in [1.807, 2.05) is 44.2 Å². The van der Waals surface area contributed by atoms with Crippen molar-refractivity contribution in [2.75, 3.05) is 16.5 Å². The topological polar surface area (TPSA) is 91.7 Å². The van der Waals surface area contributed by atoms with Gasteiger partial charge in [-0.2, -0.15) is 0 Å². The zero-order chi connectivity index (χ0) is 20.3. The van der Waals surface area contributed by atoms with Gasteiger partial charge < -0.3 is 9.73 Å². The summed E-state index contributed by atoms with van der Waals surface area (Å²) in [5, 5.41) is 5.07. The molecule has 146 valence electrons. The van der Waals surface area contributed by atoms with Crippen LogP contribution in [0.2, 0.25) is 0 Å². The first-order valence-electron chi connectivity index (χ1n) is 9.10. The highest BCUT2D eigenvalue weighted by Gasteiger charge is 2.58. The first-order valence-corrected chi connectivity index (χ1v) is 10.1. The molecule has 0 aliphatic carbocycles. The number of thioether (sulfide) groups is 1. The van der Waals surface area contributed by atoms with Crippen LogP contribution in [-0.4, -0.2) is 22.6 Å². The molecule has 1 spiro atoms. The number of nitrogens with zero attached hydrogens (tertiary/aromatic N) is 1. The smallest absolute Gasteiger partial charge is 0.336 e. The van der Waals surface area contributed by atoms with Gasteiger partial charge in [0.25, 0.3) is 11.8 Å². The van der Waals surface area contributed by atoms with Gasteiger partial charge in [0.1, 0.15) is 5.58 Å². The van der Waals surface area contributed by atoms with E-state index in [1.165, 1.54) is 22.8 Å². The first-order chi connectivity index (χ1) is 13.9. The third kappa shape index (κ3) is 2.49. The first kappa shape index (κ1) is 17.8. The summed E-state index contributed by atoms with van der Waals surface area (Å²) in [4.78, 5) is 36.3. The van der Waals surface area contributed by atoms with Crippen LogP contribution in [0.1, 0.15) is 16.7 Å². The number of rotatable bonds is 2. The van der Waals surface area contributed by atoms with Crippen molar-refractivity contribution in [1.82, 2.24) is 5.01 Å². The van der Waals surface area contributed by atoms with Crippen molar-refractivity contribution < 1.29 is 14.0 Å². The summed E-state index contributed by atoms with van der Waals surface area (Å²) < 4.78 is 5.29. The van der Waals surface area contributed by atoms with Crippen molar-refractivity contribution in [2.45, 2.75) is 18.7 Å². The summed E-state index contributed by atoms with van der Waals surface area (Å²) in [7, 11) is 0.